The van der Waals surface area contributed by atoms with Crippen LogP contribution >= 0.6 is 7.67 Å². The fourth-order valence-corrected chi connectivity index (χ4v) is 6.21. The Morgan fingerprint density at radius 2 is 1.33 bits per heavy atom. The first kappa shape index (κ1) is 14.4. The topological polar surface area (TPSA) is 76.2 Å². The van der Waals surface area contributed by atoms with E-state index in [1.165, 1.54) is 0 Å². The van der Waals surface area contributed by atoms with Crippen molar-refractivity contribution >= 4 is 18.1 Å². The maximum Gasteiger partial charge on any atom is 0.407 e. The van der Waals surface area contributed by atoms with E-state index < -0.39 is 18.1 Å². The first-order valence-corrected chi connectivity index (χ1v) is 8.97. The van der Waals surface area contributed by atoms with Crippen molar-refractivity contribution in [3.63, 3.8) is 0 Å². The van der Waals surface area contributed by atoms with E-state index in [2.05, 4.69) is 4.18 Å². The van der Waals surface area contributed by atoms with Crippen LogP contribution in [-0.4, -0.2) is 51.0 Å². The maximum atomic E-state index is 13.0. The number of rotatable bonds is 5. The Hall–Kier alpha value is 0.0200. The van der Waals surface area contributed by atoms with Crippen LogP contribution in [0, 0.1) is 0 Å². The molecule has 2 aliphatic rings. The molecule has 2 fully saturated rings. The Labute approximate surface area is 108 Å². The van der Waals surface area contributed by atoms with Crippen molar-refractivity contribution < 1.29 is 21.1 Å². The Balaban J connectivity index is 2.24. The molecule has 0 amide bonds. The van der Waals surface area contributed by atoms with E-state index in [9.17, 15) is 13.0 Å². The lowest BCUT2D eigenvalue weighted by Gasteiger charge is -2.32. The van der Waals surface area contributed by atoms with Crippen molar-refractivity contribution in [2.24, 2.45) is 0 Å². The summed E-state index contributed by atoms with van der Waals surface area (Å²) in [5, 5.41) is 0. The highest BCUT2D eigenvalue weighted by atomic mass is 32.3. The fourth-order valence-electron chi connectivity index (χ4n) is 2.33. The third-order valence-corrected chi connectivity index (χ3v) is 7.42. The summed E-state index contributed by atoms with van der Waals surface area (Å²) in [4.78, 5) is 0. The second-order valence-electron chi connectivity index (χ2n) is 4.46. The normalized spacial score (nSPS) is 23.8. The molecule has 2 rings (SSSR count). The largest absolute Gasteiger partial charge is 0.407 e. The zero-order valence-corrected chi connectivity index (χ0v) is 12.2. The molecular weight excluding hydrogens is 279 g/mol. The molecule has 0 atom stereocenters. The molecule has 0 bridgehead atoms. The van der Waals surface area contributed by atoms with Crippen LogP contribution in [0.15, 0.2) is 0 Å². The molecule has 0 saturated carbocycles. The van der Waals surface area contributed by atoms with Crippen LogP contribution in [0.4, 0.5) is 0 Å². The van der Waals surface area contributed by atoms with Gasteiger partial charge in [-0.1, -0.05) is 0 Å². The molecule has 2 aliphatic heterocycles. The van der Waals surface area contributed by atoms with Gasteiger partial charge < -0.3 is 0 Å². The summed E-state index contributed by atoms with van der Waals surface area (Å²) < 4.78 is 48.4. The van der Waals surface area contributed by atoms with Crippen LogP contribution in [0.2, 0.25) is 0 Å². The smallest absolute Gasteiger partial charge is 0.254 e. The minimum atomic E-state index is -4.20. The van der Waals surface area contributed by atoms with E-state index in [1.807, 2.05) is 0 Å². The average Bonchev–Trinajstić information content (AvgIpc) is 3.02. The van der Waals surface area contributed by atoms with Gasteiger partial charge in [0.1, 0.15) is 0 Å². The van der Waals surface area contributed by atoms with Crippen LogP contribution in [-0.2, 0) is 23.1 Å². The highest BCUT2D eigenvalue weighted by Gasteiger charge is 2.45. The summed E-state index contributed by atoms with van der Waals surface area (Å²) in [7, 11) is -6.69. The van der Waals surface area contributed by atoms with Crippen molar-refractivity contribution in [3.05, 3.63) is 0 Å². The molecule has 0 N–H and O–H groups in total. The minimum Gasteiger partial charge on any atom is -0.254 e. The van der Waals surface area contributed by atoms with E-state index in [1.54, 1.807) is 9.34 Å². The highest BCUT2D eigenvalue weighted by molar-refractivity contribution is 7.87. The van der Waals surface area contributed by atoms with Gasteiger partial charge in [0.15, 0.2) is 0 Å². The van der Waals surface area contributed by atoms with Crippen molar-refractivity contribution in [1.82, 2.24) is 9.34 Å². The van der Waals surface area contributed by atoms with Gasteiger partial charge in [0.05, 0.1) is 7.11 Å². The third kappa shape index (κ3) is 2.95. The third-order valence-electron chi connectivity index (χ3n) is 3.27. The van der Waals surface area contributed by atoms with Gasteiger partial charge in [-0.2, -0.15) is 12.4 Å². The van der Waals surface area contributed by atoms with Crippen molar-refractivity contribution in [2.75, 3.05) is 33.3 Å². The van der Waals surface area contributed by atoms with Gasteiger partial charge in [-0.15, -0.1) is 0 Å². The summed E-state index contributed by atoms with van der Waals surface area (Å²) in [5.74, 6) is 0. The Morgan fingerprint density at radius 3 is 1.67 bits per heavy atom. The first-order valence-electron chi connectivity index (χ1n) is 6.10. The molecule has 9 heteroatoms. The quantitative estimate of drug-likeness (QED) is 0.706. The summed E-state index contributed by atoms with van der Waals surface area (Å²) in [6, 6.07) is 0. The van der Waals surface area contributed by atoms with E-state index in [-0.39, 0.29) is 0 Å². The number of hydrogen-bond donors (Lipinski definition) is 0. The zero-order chi connectivity index (χ0) is 13.2. The molecule has 7 nitrogen and oxygen atoms in total. The summed E-state index contributed by atoms with van der Waals surface area (Å²) in [6.07, 6.45) is 3.64. The predicted molar refractivity (Wildman–Crippen MR) is 66.2 cm³/mol. The van der Waals surface area contributed by atoms with Crippen molar-refractivity contribution in [2.45, 2.75) is 25.7 Å². The monoisotopic (exact) mass is 298 g/mol. The fraction of sp³-hybridized carbons (Fsp3) is 1.00. The zero-order valence-electron chi connectivity index (χ0n) is 10.4. The molecule has 2 heterocycles. The first-order chi connectivity index (χ1) is 8.48. The van der Waals surface area contributed by atoms with E-state index in [4.69, 9.17) is 3.97 Å². The lowest BCUT2D eigenvalue weighted by atomic mass is 10.4. The summed E-state index contributed by atoms with van der Waals surface area (Å²) >= 11 is 0. The molecule has 0 aromatic rings. The van der Waals surface area contributed by atoms with Crippen LogP contribution in [0.1, 0.15) is 25.7 Å². The van der Waals surface area contributed by atoms with Crippen LogP contribution in [0.25, 0.3) is 0 Å². The number of hydrogen-bond acceptors (Lipinski definition) is 5. The molecule has 0 aromatic heterocycles. The van der Waals surface area contributed by atoms with Gasteiger partial charge in [0, 0.05) is 26.2 Å². The molecule has 18 heavy (non-hydrogen) atoms. The van der Waals surface area contributed by atoms with Gasteiger partial charge in [-0.05, 0) is 25.7 Å². The summed E-state index contributed by atoms with van der Waals surface area (Å²) in [5.41, 5.74) is 0. The average molecular weight is 298 g/mol. The Kier molecular flexibility index (Phi) is 4.46. The molecule has 0 spiro atoms. The lowest BCUT2D eigenvalue weighted by Crippen LogP contribution is -2.31. The molecule has 0 unspecified atom stereocenters. The Morgan fingerprint density at radius 1 is 0.944 bits per heavy atom. The molecule has 2 saturated heterocycles. The van der Waals surface area contributed by atoms with Crippen molar-refractivity contribution in [3.8, 4) is 0 Å². The van der Waals surface area contributed by atoms with Crippen LogP contribution in [0.5, 0.6) is 0 Å². The van der Waals surface area contributed by atoms with Crippen molar-refractivity contribution in [1.29, 1.82) is 0 Å². The van der Waals surface area contributed by atoms with Gasteiger partial charge in [-0.3, -0.25) is 8.75 Å². The van der Waals surface area contributed by atoms with Gasteiger partial charge in [0.25, 0.3) is 0 Å². The highest BCUT2D eigenvalue weighted by Crippen LogP contribution is 2.58. The summed E-state index contributed by atoms with van der Waals surface area (Å²) in [6.45, 7) is 2.42. The van der Waals surface area contributed by atoms with Gasteiger partial charge in [0.2, 0.25) is 0 Å². The van der Waals surface area contributed by atoms with E-state index in [0.717, 1.165) is 32.8 Å². The van der Waals surface area contributed by atoms with Crippen LogP contribution < -0.4 is 0 Å². The molecule has 0 aromatic carbocycles. The standard InChI is InChI=1S/C9H19N2O5PS/c1-15-18(13,14)16-17(12,10-6-2-3-7-10)11-8-4-5-9-11/h2-9H2,1H3. The lowest BCUT2D eigenvalue weighted by molar-refractivity contribution is 0.277. The maximum absolute atomic E-state index is 13.0. The molecular formula is C9H19N2O5PS. The molecule has 0 radical (unpaired) electrons. The predicted octanol–water partition coefficient (Wildman–Crippen LogP) is 1.19. The van der Waals surface area contributed by atoms with Crippen LogP contribution in [0.3, 0.4) is 0 Å². The Bertz CT molecular complexity index is 408. The molecule has 106 valence electrons. The second-order valence-corrected chi connectivity index (χ2v) is 8.32. The van der Waals surface area contributed by atoms with E-state index >= 15 is 0 Å². The SMILES string of the molecule is COS(=O)(=O)OP(=O)(N1CCCC1)N1CCCC1. The van der Waals surface area contributed by atoms with E-state index in [0.29, 0.717) is 26.2 Å². The second kappa shape index (κ2) is 5.56. The molecule has 0 aliphatic carbocycles. The van der Waals surface area contributed by atoms with Gasteiger partial charge in [-0.25, -0.2) is 9.34 Å². The minimum absolute atomic E-state index is 0.604. The number of nitrogens with zero attached hydrogens (tertiary/aromatic N) is 2. The van der Waals surface area contributed by atoms with Gasteiger partial charge >= 0.3 is 18.1 Å².